The van der Waals surface area contributed by atoms with Gasteiger partial charge in [-0.05, 0) is 37.3 Å². The quantitative estimate of drug-likeness (QED) is 0.474. The van der Waals surface area contributed by atoms with Gasteiger partial charge in [0.15, 0.2) is 11.6 Å². The highest BCUT2D eigenvalue weighted by Gasteiger charge is 2.26. The first-order valence-electron chi connectivity index (χ1n) is 11.6. The van der Waals surface area contributed by atoms with Gasteiger partial charge in [-0.25, -0.2) is 9.37 Å². The average Bonchev–Trinajstić information content (AvgIpc) is 3.29. The molecule has 0 aliphatic carbocycles. The van der Waals surface area contributed by atoms with E-state index in [4.69, 9.17) is 21.6 Å². The van der Waals surface area contributed by atoms with Gasteiger partial charge in [0.25, 0.3) is 5.91 Å². The van der Waals surface area contributed by atoms with Crippen molar-refractivity contribution in [3.63, 3.8) is 0 Å². The second kappa shape index (κ2) is 11.0. The lowest BCUT2D eigenvalue weighted by Gasteiger charge is -2.35. The lowest BCUT2D eigenvalue weighted by Crippen LogP contribution is -2.50. The number of hydrogen-bond donors (Lipinski definition) is 0. The van der Waals surface area contributed by atoms with Crippen LogP contribution in [0.5, 0.6) is 5.75 Å². The molecule has 0 saturated carbocycles. The number of carbonyl (C=O) groups excluding carboxylic acids is 2. The van der Waals surface area contributed by atoms with E-state index in [1.54, 1.807) is 45.7 Å². The molecule has 37 heavy (non-hydrogen) atoms. The maximum absolute atomic E-state index is 14.6. The van der Waals surface area contributed by atoms with Crippen LogP contribution in [0.1, 0.15) is 29.0 Å². The minimum absolute atomic E-state index is 0.0108. The molecule has 8 nitrogen and oxygen atoms in total. The molecule has 1 aromatic heterocycles. The Morgan fingerprint density at radius 1 is 1.11 bits per heavy atom. The van der Waals surface area contributed by atoms with Crippen molar-refractivity contribution in [2.24, 2.45) is 0 Å². The summed E-state index contributed by atoms with van der Waals surface area (Å²) in [6.07, 6.45) is 1.91. The Morgan fingerprint density at radius 2 is 1.81 bits per heavy atom. The number of halogens is 3. The van der Waals surface area contributed by atoms with Gasteiger partial charge in [0.05, 0.1) is 29.5 Å². The molecule has 4 rings (SSSR count). The van der Waals surface area contributed by atoms with Crippen molar-refractivity contribution in [2.75, 3.05) is 33.3 Å². The molecule has 1 fully saturated rings. The first-order valence-corrected chi connectivity index (χ1v) is 11.9. The molecule has 0 atom stereocenters. The Bertz CT molecular complexity index is 1390. The predicted octanol–water partition coefficient (Wildman–Crippen LogP) is 4.38. The number of rotatable bonds is 6. The van der Waals surface area contributed by atoms with E-state index in [-0.39, 0.29) is 46.7 Å². The second-order valence-electron chi connectivity index (χ2n) is 8.48. The fourth-order valence-electron chi connectivity index (χ4n) is 4.23. The smallest absolute Gasteiger partial charge is 0.255 e. The summed E-state index contributed by atoms with van der Waals surface area (Å²) in [6, 6.07) is 9.61. The van der Waals surface area contributed by atoms with E-state index in [0.29, 0.717) is 43.3 Å². The zero-order valence-electron chi connectivity index (χ0n) is 20.3. The molecule has 0 spiro atoms. The second-order valence-corrected chi connectivity index (χ2v) is 8.89. The van der Waals surface area contributed by atoms with Gasteiger partial charge in [-0.1, -0.05) is 11.6 Å². The normalized spacial score (nSPS) is 13.4. The summed E-state index contributed by atoms with van der Waals surface area (Å²) in [4.78, 5) is 32.8. The summed E-state index contributed by atoms with van der Waals surface area (Å²) >= 11 is 6.49. The molecule has 3 aromatic rings. The Kier molecular flexibility index (Phi) is 7.74. The van der Waals surface area contributed by atoms with Crippen LogP contribution in [-0.4, -0.2) is 64.5 Å². The van der Waals surface area contributed by atoms with Crippen LogP contribution < -0.4 is 4.74 Å². The number of benzene rings is 2. The highest BCUT2D eigenvalue weighted by atomic mass is 35.5. The van der Waals surface area contributed by atoms with Crippen LogP contribution >= 0.6 is 11.6 Å². The monoisotopic (exact) mass is 527 g/mol. The van der Waals surface area contributed by atoms with E-state index < -0.39 is 11.6 Å². The number of aromatic nitrogens is 2. The molecule has 1 aliphatic rings. The highest BCUT2D eigenvalue weighted by molar-refractivity contribution is 6.34. The van der Waals surface area contributed by atoms with Crippen LogP contribution in [-0.2, 0) is 4.79 Å². The van der Waals surface area contributed by atoms with Crippen LogP contribution in [0.2, 0.25) is 5.02 Å². The minimum Gasteiger partial charge on any atom is -0.494 e. The number of carbonyl (C=O) groups is 2. The molecule has 0 radical (unpaired) electrons. The minimum atomic E-state index is -1.09. The molecule has 1 aliphatic heterocycles. The van der Waals surface area contributed by atoms with Gasteiger partial charge in [-0.3, -0.25) is 9.59 Å². The van der Waals surface area contributed by atoms with Crippen LogP contribution in [0.25, 0.3) is 16.9 Å². The molecule has 1 saturated heterocycles. The van der Waals surface area contributed by atoms with Crippen LogP contribution in [0.4, 0.5) is 8.78 Å². The van der Waals surface area contributed by atoms with Crippen molar-refractivity contribution >= 4 is 23.4 Å². The zero-order valence-corrected chi connectivity index (χ0v) is 21.1. The largest absolute Gasteiger partial charge is 0.494 e. The molecule has 11 heteroatoms. The van der Waals surface area contributed by atoms with Crippen LogP contribution in [0, 0.1) is 29.9 Å². The summed E-state index contributed by atoms with van der Waals surface area (Å²) in [5.41, 5.74) is 1.13. The van der Waals surface area contributed by atoms with E-state index >= 15 is 0 Å². The van der Waals surface area contributed by atoms with Gasteiger partial charge in [-0.2, -0.15) is 9.65 Å². The van der Waals surface area contributed by atoms with E-state index in [1.165, 1.54) is 19.2 Å². The highest BCUT2D eigenvalue weighted by Crippen LogP contribution is 2.31. The van der Waals surface area contributed by atoms with Gasteiger partial charge >= 0.3 is 0 Å². The number of methoxy groups -OCH3 is 1. The topological polar surface area (TPSA) is 91.5 Å². The van der Waals surface area contributed by atoms with Crippen LogP contribution in [0.3, 0.4) is 0 Å². The van der Waals surface area contributed by atoms with Gasteiger partial charge in [-0.15, -0.1) is 0 Å². The fourth-order valence-corrected chi connectivity index (χ4v) is 4.48. The standard InChI is InChI=1S/C26H24ClF2N5O3/c1-16-31-21(19-7-8-22(37-2)25(29)24(19)28)15-34(16)17-5-6-18(20(27)14-17)26(36)33-12-10-32(11-13-33)23(35)4-3-9-30/h5-8,14-15H,3-4,10-13H2,1-2H3. The first kappa shape index (κ1) is 26.1. The maximum atomic E-state index is 14.6. The summed E-state index contributed by atoms with van der Waals surface area (Å²) in [6.45, 7) is 3.23. The number of amides is 2. The van der Waals surface area contributed by atoms with Crippen molar-refractivity contribution in [3.05, 3.63) is 64.6 Å². The summed E-state index contributed by atoms with van der Waals surface area (Å²) < 4.78 is 35.3. The molecule has 0 unspecified atom stereocenters. The zero-order chi connectivity index (χ0) is 26.7. The van der Waals surface area contributed by atoms with E-state index in [0.717, 1.165) is 0 Å². The summed E-state index contributed by atoms with van der Waals surface area (Å²) in [5, 5.41) is 8.88. The van der Waals surface area contributed by atoms with Crippen molar-refractivity contribution in [1.82, 2.24) is 19.4 Å². The predicted molar refractivity (Wildman–Crippen MR) is 133 cm³/mol. The SMILES string of the molecule is COc1ccc(-c2cn(-c3ccc(C(=O)N4CCN(C(=O)CCC#N)CC4)c(Cl)c3)c(C)n2)c(F)c1F. The number of nitrogens with zero attached hydrogens (tertiary/aromatic N) is 5. The van der Waals surface area contributed by atoms with Crippen molar-refractivity contribution in [1.29, 1.82) is 5.26 Å². The Morgan fingerprint density at radius 3 is 2.46 bits per heavy atom. The van der Waals surface area contributed by atoms with Crippen LogP contribution in [0.15, 0.2) is 36.5 Å². The summed E-state index contributed by atoms with van der Waals surface area (Å²) in [5.74, 6) is -2.18. The van der Waals surface area contributed by atoms with Gasteiger partial charge < -0.3 is 19.1 Å². The number of nitriles is 1. The van der Waals surface area contributed by atoms with Crippen molar-refractivity contribution < 1.29 is 23.1 Å². The van der Waals surface area contributed by atoms with Gasteiger partial charge in [0, 0.05) is 56.5 Å². The molecule has 2 amide bonds. The lowest BCUT2D eigenvalue weighted by molar-refractivity contribution is -0.132. The molecular formula is C26H24ClF2N5O3. The van der Waals surface area contributed by atoms with E-state index in [1.807, 2.05) is 6.07 Å². The third kappa shape index (κ3) is 5.27. The summed E-state index contributed by atoms with van der Waals surface area (Å²) in [7, 11) is 1.26. The van der Waals surface area contributed by atoms with E-state index in [2.05, 4.69) is 4.98 Å². The molecule has 0 bridgehead atoms. The third-order valence-electron chi connectivity index (χ3n) is 6.26. The lowest BCUT2D eigenvalue weighted by atomic mass is 10.1. The van der Waals surface area contributed by atoms with Gasteiger partial charge in [0.1, 0.15) is 5.82 Å². The number of piperazine rings is 1. The molecule has 2 aromatic carbocycles. The number of ether oxygens (including phenoxy) is 1. The van der Waals surface area contributed by atoms with Crippen molar-refractivity contribution in [2.45, 2.75) is 19.8 Å². The fraction of sp³-hybridized carbons (Fsp3) is 0.308. The molecule has 2 heterocycles. The number of hydrogen-bond acceptors (Lipinski definition) is 5. The molecular weight excluding hydrogens is 504 g/mol. The average molecular weight is 528 g/mol. The van der Waals surface area contributed by atoms with Crippen molar-refractivity contribution in [3.8, 4) is 28.8 Å². The molecule has 0 N–H and O–H groups in total. The number of imidazole rings is 1. The third-order valence-corrected chi connectivity index (χ3v) is 6.57. The Labute approximate surface area is 217 Å². The first-order chi connectivity index (χ1) is 17.7. The Hall–Kier alpha value is -3.97. The number of aryl methyl sites for hydroxylation is 1. The van der Waals surface area contributed by atoms with Gasteiger partial charge in [0.2, 0.25) is 11.7 Å². The maximum Gasteiger partial charge on any atom is 0.255 e. The Balaban J connectivity index is 1.51. The molecule has 192 valence electrons. The van der Waals surface area contributed by atoms with E-state index in [9.17, 15) is 18.4 Å².